The number of hydrogen-bond acceptors (Lipinski definition) is 8. The summed E-state index contributed by atoms with van der Waals surface area (Å²) in [6, 6.07) is 19.0. The molecule has 0 saturated heterocycles. The fourth-order valence-corrected chi connectivity index (χ4v) is 5.16. The highest BCUT2D eigenvalue weighted by molar-refractivity contribution is 5.75. The standard InChI is InChI=1S/C28H32N8O/c29-26-13-25(27-28(32-26)34-35-33-27)24(9-11-37-18-19-4-2-1-3-5-19)23-15-31-36(17-23)16-20-6-7-22-14-30-10-8-21(22)12-20/h1-7,12-13,15,17,24,30,33,35H,8-11,14,16,18H2,(H3,29,32,34). The summed E-state index contributed by atoms with van der Waals surface area (Å²) in [4.78, 5) is 4.41. The van der Waals surface area contributed by atoms with E-state index in [2.05, 4.69) is 63.2 Å². The third-order valence-electron chi connectivity index (χ3n) is 7.03. The van der Waals surface area contributed by atoms with Gasteiger partial charge in [0.2, 0.25) is 0 Å². The first-order valence-corrected chi connectivity index (χ1v) is 12.8. The van der Waals surface area contributed by atoms with E-state index in [-0.39, 0.29) is 5.92 Å². The third-order valence-corrected chi connectivity index (χ3v) is 7.03. The van der Waals surface area contributed by atoms with Crippen LogP contribution in [0.4, 0.5) is 17.3 Å². The quantitative estimate of drug-likeness (QED) is 0.224. The fourth-order valence-electron chi connectivity index (χ4n) is 5.16. The molecule has 0 spiro atoms. The number of benzene rings is 2. The van der Waals surface area contributed by atoms with Crippen molar-refractivity contribution in [3.05, 3.63) is 100 Å². The van der Waals surface area contributed by atoms with Crippen LogP contribution in [0.5, 0.6) is 0 Å². The van der Waals surface area contributed by atoms with Crippen LogP contribution in [0.3, 0.4) is 0 Å². The fraction of sp³-hybridized carbons (Fsp3) is 0.286. The molecule has 1 unspecified atom stereocenters. The molecule has 0 saturated carbocycles. The van der Waals surface area contributed by atoms with Gasteiger partial charge in [-0.05, 0) is 58.8 Å². The van der Waals surface area contributed by atoms with Gasteiger partial charge in [0.25, 0.3) is 0 Å². The second kappa shape index (κ2) is 10.6. The number of hydrazine groups is 2. The predicted octanol–water partition coefficient (Wildman–Crippen LogP) is 3.55. The molecule has 2 aromatic carbocycles. The summed E-state index contributed by atoms with van der Waals surface area (Å²) in [5.74, 6) is 1.20. The highest BCUT2D eigenvalue weighted by atomic mass is 16.5. The Morgan fingerprint density at radius 3 is 2.86 bits per heavy atom. The van der Waals surface area contributed by atoms with E-state index in [9.17, 15) is 0 Å². The number of hydrogen-bond donors (Lipinski definition) is 5. The van der Waals surface area contributed by atoms with Crippen LogP contribution < -0.4 is 27.4 Å². The molecule has 2 aromatic heterocycles. The van der Waals surface area contributed by atoms with Crippen molar-refractivity contribution in [2.45, 2.75) is 38.5 Å². The van der Waals surface area contributed by atoms with E-state index in [1.165, 1.54) is 16.7 Å². The number of nitrogens with zero attached hydrogens (tertiary/aromatic N) is 3. The molecule has 0 amide bonds. The predicted molar refractivity (Wildman–Crippen MR) is 145 cm³/mol. The first kappa shape index (κ1) is 23.5. The summed E-state index contributed by atoms with van der Waals surface area (Å²) < 4.78 is 8.09. The molecule has 0 bridgehead atoms. The van der Waals surface area contributed by atoms with E-state index in [0.29, 0.717) is 24.8 Å². The summed E-state index contributed by atoms with van der Waals surface area (Å²) in [6.07, 6.45) is 5.95. The largest absolute Gasteiger partial charge is 0.384 e. The van der Waals surface area contributed by atoms with Crippen LogP contribution in [-0.2, 0) is 30.9 Å². The van der Waals surface area contributed by atoms with Crippen molar-refractivity contribution in [3.8, 4) is 0 Å². The Kier molecular flexibility index (Phi) is 6.72. The van der Waals surface area contributed by atoms with Gasteiger partial charge < -0.3 is 21.2 Å². The molecule has 2 aliphatic rings. The summed E-state index contributed by atoms with van der Waals surface area (Å²) in [5.41, 5.74) is 23.7. The van der Waals surface area contributed by atoms with E-state index < -0.39 is 0 Å². The van der Waals surface area contributed by atoms with Crippen LogP contribution in [0, 0.1) is 0 Å². The third kappa shape index (κ3) is 5.29. The molecule has 9 heteroatoms. The van der Waals surface area contributed by atoms with Crippen LogP contribution in [0.15, 0.2) is 67.0 Å². The maximum atomic E-state index is 6.18. The monoisotopic (exact) mass is 496 g/mol. The van der Waals surface area contributed by atoms with Crippen molar-refractivity contribution in [3.63, 3.8) is 0 Å². The van der Waals surface area contributed by atoms with E-state index in [1.54, 1.807) is 0 Å². The Bertz CT molecular complexity index is 1370. The SMILES string of the molecule is Nc1cc(C(CCOCc2ccccc2)c2cnn(Cc3ccc4c(c3)CCNC4)c2)c2c(n1)NNN2. The van der Waals surface area contributed by atoms with Gasteiger partial charge in [-0.25, -0.2) is 4.98 Å². The van der Waals surface area contributed by atoms with Gasteiger partial charge in [-0.3, -0.25) is 10.1 Å². The lowest BCUT2D eigenvalue weighted by molar-refractivity contribution is 0.116. The Hall–Kier alpha value is -3.92. The first-order valence-electron chi connectivity index (χ1n) is 12.8. The molecule has 4 heterocycles. The molecular weight excluding hydrogens is 464 g/mol. The van der Waals surface area contributed by atoms with Crippen LogP contribution in [-0.4, -0.2) is 27.9 Å². The van der Waals surface area contributed by atoms with Crippen LogP contribution >= 0.6 is 0 Å². The molecule has 1 atom stereocenters. The molecule has 6 N–H and O–H groups in total. The summed E-state index contributed by atoms with van der Waals surface area (Å²) in [6.45, 7) is 3.90. The number of pyridine rings is 1. The second-order valence-corrected chi connectivity index (χ2v) is 9.62. The highest BCUT2D eigenvalue weighted by Crippen LogP contribution is 2.38. The van der Waals surface area contributed by atoms with Crippen molar-refractivity contribution < 1.29 is 4.74 Å². The molecule has 37 heavy (non-hydrogen) atoms. The van der Waals surface area contributed by atoms with E-state index in [4.69, 9.17) is 15.6 Å². The number of ether oxygens (including phenoxy) is 1. The number of fused-ring (bicyclic) bond motifs is 2. The van der Waals surface area contributed by atoms with Gasteiger partial charge in [-0.1, -0.05) is 48.5 Å². The van der Waals surface area contributed by atoms with E-state index in [1.807, 2.05) is 35.1 Å². The van der Waals surface area contributed by atoms with Gasteiger partial charge in [-0.15, -0.1) is 5.53 Å². The Morgan fingerprint density at radius 1 is 1.03 bits per heavy atom. The molecule has 0 fully saturated rings. The first-order chi connectivity index (χ1) is 18.2. The van der Waals surface area contributed by atoms with Crippen molar-refractivity contribution in [1.29, 1.82) is 0 Å². The molecular formula is C28H32N8O. The van der Waals surface area contributed by atoms with Gasteiger partial charge in [0.05, 0.1) is 25.0 Å². The van der Waals surface area contributed by atoms with E-state index >= 15 is 0 Å². The Labute approximate surface area is 216 Å². The van der Waals surface area contributed by atoms with Crippen LogP contribution in [0.25, 0.3) is 0 Å². The molecule has 9 nitrogen and oxygen atoms in total. The van der Waals surface area contributed by atoms with E-state index in [0.717, 1.165) is 54.9 Å². The number of nitrogen functional groups attached to an aromatic ring is 1. The zero-order valence-corrected chi connectivity index (χ0v) is 20.7. The average molecular weight is 497 g/mol. The van der Waals surface area contributed by atoms with Gasteiger partial charge in [0.15, 0.2) is 5.82 Å². The lowest BCUT2D eigenvalue weighted by Crippen LogP contribution is -2.23. The zero-order valence-electron chi connectivity index (χ0n) is 20.7. The lowest BCUT2D eigenvalue weighted by atomic mass is 9.90. The average Bonchev–Trinajstić information content (AvgIpc) is 3.58. The molecule has 6 rings (SSSR count). The minimum atomic E-state index is 0.0346. The highest BCUT2D eigenvalue weighted by Gasteiger charge is 2.25. The molecule has 0 radical (unpaired) electrons. The lowest BCUT2D eigenvalue weighted by Gasteiger charge is -2.19. The molecule has 2 aliphatic heterocycles. The number of nitrogens with two attached hydrogens (primary N) is 1. The van der Waals surface area contributed by atoms with Gasteiger partial charge >= 0.3 is 0 Å². The Morgan fingerprint density at radius 2 is 1.95 bits per heavy atom. The smallest absolute Gasteiger partial charge is 0.169 e. The number of anilines is 3. The van der Waals surface area contributed by atoms with Crippen molar-refractivity contribution in [1.82, 2.24) is 25.6 Å². The number of rotatable bonds is 9. The van der Waals surface area contributed by atoms with Gasteiger partial charge in [0.1, 0.15) is 5.82 Å². The summed E-state index contributed by atoms with van der Waals surface area (Å²) >= 11 is 0. The number of nitrogens with one attached hydrogen (secondary N) is 4. The minimum Gasteiger partial charge on any atom is -0.384 e. The minimum absolute atomic E-state index is 0.0346. The molecule has 0 aliphatic carbocycles. The summed E-state index contributed by atoms with van der Waals surface area (Å²) in [7, 11) is 0. The van der Waals surface area contributed by atoms with Crippen molar-refractivity contribution in [2.24, 2.45) is 0 Å². The normalized spacial score (nSPS) is 14.9. The summed E-state index contributed by atoms with van der Waals surface area (Å²) in [5, 5.41) is 8.16. The number of aromatic nitrogens is 3. The topological polar surface area (TPSA) is 114 Å². The molecule has 4 aromatic rings. The second-order valence-electron chi connectivity index (χ2n) is 9.62. The van der Waals surface area contributed by atoms with Crippen LogP contribution in [0.1, 0.15) is 45.7 Å². The van der Waals surface area contributed by atoms with Crippen molar-refractivity contribution >= 4 is 17.3 Å². The maximum absolute atomic E-state index is 6.18. The van der Waals surface area contributed by atoms with Gasteiger partial charge in [-0.2, -0.15) is 5.10 Å². The van der Waals surface area contributed by atoms with Crippen molar-refractivity contribution in [2.75, 3.05) is 29.7 Å². The maximum Gasteiger partial charge on any atom is 0.169 e. The molecule has 190 valence electrons. The Balaban J connectivity index is 1.23. The zero-order chi connectivity index (χ0) is 25.0. The van der Waals surface area contributed by atoms with Gasteiger partial charge in [0, 0.05) is 25.3 Å². The van der Waals surface area contributed by atoms with Crippen LogP contribution in [0.2, 0.25) is 0 Å².